The first-order chi connectivity index (χ1) is 12.7. The van der Waals surface area contributed by atoms with Crippen LogP contribution in [0.1, 0.15) is 13.3 Å². The highest BCUT2D eigenvalue weighted by Crippen LogP contribution is 2.04. The predicted molar refractivity (Wildman–Crippen MR) is 101 cm³/mol. The normalized spacial score (nSPS) is 10.7. The second-order valence-corrected chi connectivity index (χ2v) is 6.73. The number of carbonyl (C=O) groups excluding carboxylic acids is 2. The third-order valence-corrected chi connectivity index (χ3v) is 4.62. The molecule has 1 aromatic rings. The Morgan fingerprint density at radius 3 is 2.38 bits per heavy atom. The van der Waals surface area contributed by atoms with Crippen molar-refractivity contribution in [2.24, 2.45) is 0 Å². The highest BCUT2D eigenvalue weighted by atomic mass is 28.2. The lowest BCUT2D eigenvalue weighted by Gasteiger charge is -2.09. The zero-order valence-corrected chi connectivity index (χ0v) is 16.6. The van der Waals surface area contributed by atoms with Gasteiger partial charge in [-0.25, -0.2) is 9.59 Å². The van der Waals surface area contributed by atoms with Crippen LogP contribution in [0.15, 0.2) is 30.3 Å². The Hall–Kier alpha value is -2.10. The van der Waals surface area contributed by atoms with E-state index in [0.29, 0.717) is 12.2 Å². The van der Waals surface area contributed by atoms with Crippen LogP contribution in [0.3, 0.4) is 0 Å². The SMILES string of the molecule is CCO[SiH2]CCCNC(=O)OCCOCCOC(=O)Nc1ccccc1. The average Bonchev–Trinajstić information content (AvgIpc) is 2.64. The molecule has 0 aliphatic rings. The van der Waals surface area contributed by atoms with Crippen LogP contribution in [0, 0.1) is 0 Å². The second kappa shape index (κ2) is 15.2. The quantitative estimate of drug-likeness (QED) is 0.398. The van der Waals surface area contributed by atoms with Gasteiger partial charge in [0.2, 0.25) is 0 Å². The molecule has 0 radical (unpaired) electrons. The Morgan fingerprint density at radius 1 is 1.00 bits per heavy atom. The van der Waals surface area contributed by atoms with E-state index >= 15 is 0 Å². The number of ether oxygens (including phenoxy) is 3. The van der Waals surface area contributed by atoms with Gasteiger partial charge in [0.05, 0.1) is 13.2 Å². The second-order valence-electron chi connectivity index (χ2n) is 5.21. The summed E-state index contributed by atoms with van der Waals surface area (Å²) in [5.41, 5.74) is 0.665. The van der Waals surface area contributed by atoms with E-state index in [0.717, 1.165) is 19.1 Å². The van der Waals surface area contributed by atoms with E-state index in [2.05, 4.69) is 10.6 Å². The van der Waals surface area contributed by atoms with Crippen LogP contribution in [0.25, 0.3) is 0 Å². The third-order valence-electron chi connectivity index (χ3n) is 3.13. The number of anilines is 1. The van der Waals surface area contributed by atoms with Gasteiger partial charge in [0.1, 0.15) is 13.2 Å². The molecule has 0 aliphatic carbocycles. The standard InChI is InChI=1S/C17H28N2O6Si/c1-2-25-26-14-6-9-18-16(20)23-12-10-22-11-13-24-17(21)19-15-7-4-3-5-8-15/h3-5,7-8H,2,6,9-14,26H2,1H3,(H,18,20)(H,19,21). The smallest absolute Gasteiger partial charge is 0.411 e. The Balaban J connectivity index is 1.88. The van der Waals surface area contributed by atoms with Crippen LogP contribution in [0.5, 0.6) is 0 Å². The monoisotopic (exact) mass is 384 g/mol. The van der Waals surface area contributed by atoms with Crippen molar-refractivity contribution in [3.63, 3.8) is 0 Å². The van der Waals surface area contributed by atoms with Gasteiger partial charge in [-0.2, -0.15) is 0 Å². The molecule has 2 N–H and O–H groups in total. The van der Waals surface area contributed by atoms with Crippen molar-refractivity contribution in [3.05, 3.63) is 30.3 Å². The molecule has 1 rings (SSSR count). The Bertz CT molecular complexity index is 503. The topological polar surface area (TPSA) is 95.1 Å². The van der Waals surface area contributed by atoms with Crippen LogP contribution in [-0.4, -0.2) is 61.5 Å². The van der Waals surface area contributed by atoms with Crippen LogP contribution < -0.4 is 10.6 Å². The Morgan fingerprint density at radius 2 is 1.69 bits per heavy atom. The molecule has 0 bridgehead atoms. The molecule has 0 aromatic heterocycles. The maximum atomic E-state index is 11.5. The van der Waals surface area contributed by atoms with E-state index in [9.17, 15) is 9.59 Å². The minimum atomic E-state index is -0.539. The molecular weight excluding hydrogens is 356 g/mol. The van der Waals surface area contributed by atoms with Crippen molar-refractivity contribution >= 4 is 27.6 Å². The number of alkyl carbamates (subject to hydrolysis) is 1. The van der Waals surface area contributed by atoms with E-state index in [1.54, 1.807) is 12.1 Å². The van der Waals surface area contributed by atoms with Crippen molar-refractivity contribution in [2.45, 2.75) is 19.4 Å². The van der Waals surface area contributed by atoms with E-state index in [1.165, 1.54) is 0 Å². The summed E-state index contributed by atoms with van der Waals surface area (Å²) in [6, 6.07) is 10.1. The summed E-state index contributed by atoms with van der Waals surface area (Å²) < 4.78 is 20.5. The molecule has 146 valence electrons. The molecule has 0 fully saturated rings. The van der Waals surface area contributed by atoms with Gasteiger partial charge < -0.3 is 24.0 Å². The van der Waals surface area contributed by atoms with Crippen molar-refractivity contribution in [1.29, 1.82) is 0 Å². The van der Waals surface area contributed by atoms with Crippen molar-refractivity contribution in [2.75, 3.05) is 44.9 Å². The van der Waals surface area contributed by atoms with Gasteiger partial charge in [0.25, 0.3) is 0 Å². The van der Waals surface area contributed by atoms with E-state index in [1.807, 2.05) is 25.1 Å². The first-order valence-corrected chi connectivity index (χ1v) is 10.3. The number of para-hydroxylation sites is 1. The van der Waals surface area contributed by atoms with Crippen molar-refractivity contribution in [1.82, 2.24) is 5.32 Å². The summed E-state index contributed by atoms with van der Waals surface area (Å²) in [6.45, 7) is 4.08. The maximum Gasteiger partial charge on any atom is 0.411 e. The van der Waals surface area contributed by atoms with Gasteiger partial charge in [-0.05, 0) is 31.5 Å². The van der Waals surface area contributed by atoms with Gasteiger partial charge in [-0.3, -0.25) is 5.32 Å². The molecule has 0 atom stereocenters. The largest absolute Gasteiger partial charge is 0.447 e. The Kier molecular flexibility index (Phi) is 12.8. The molecule has 8 nitrogen and oxygen atoms in total. The highest BCUT2D eigenvalue weighted by Gasteiger charge is 2.03. The lowest BCUT2D eigenvalue weighted by molar-refractivity contribution is 0.0484. The molecule has 0 heterocycles. The fraction of sp³-hybridized carbons (Fsp3) is 0.529. The fourth-order valence-corrected chi connectivity index (χ4v) is 2.83. The summed E-state index contributed by atoms with van der Waals surface area (Å²) in [4.78, 5) is 22.9. The van der Waals surface area contributed by atoms with Gasteiger partial charge >= 0.3 is 12.2 Å². The van der Waals surface area contributed by atoms with Crippen LogP contribution in [-0.2, 0) is 18.6 Å². The number of benzene rings is 1. The average molecular weight is 385 g/mol. The number of rotatable bonds is 13. The van der Waals surface area contributed by atoms with Crippen molar-refractivity contribution in [3.8, 4) is 0 Å². The minimum absolute atomic E-state index is 0.120. The zero-order valence-electron chi connectivity index (χ0n) is 15.2. The number of hydrogen-bond donors (Lipinski definition) is 2. The lowest BCUT2D eigenvalue weighted by Crippen LogP contribution is -2.27. The highest BCUT2D eigenvalue weighted by molar-refractivity contribution is 6.26. The van der Waals surface area contributed by atoms with Gasteiger partial charge in [0.15, 0.2) is 9.76 Å². The summed E-state index contributed by atoms with van der Waals surface area (Å²) in [5, 5.41) is 5.27. The first-order valence-electron chi connectivity index (χ1n) is 8.77. The van der Waals surface area contributed by atoms with Crippen molar-refractivity contribution < 1.29 is 28.2 Å². The Labute approximate surface area is 156 Å². The minimum Gasteiger partial charge on any atom is -0.447 e. The first kappa shape index (κ1) is 21.9. The lowest BCUT2D eigenvalue weighted by atomic mass is 10.3. The summed E-state index contributed by atoms with van der Waals surface area (Å²) in [5.74, 6) is 0. The van der Waals surface area contributed by atoms with E-state index in [-0.39, 0.29) is 26.4 Å². The summed E-state index contributed by atoms with van der Waals surface area (Å²) in [7, 11) is -0.437. The molecule has 1 aromatic carbocycles. The molecule has 0 saturated carbocycles. The van der Waals surface area contributed by atoms with Crippen LogP contribution in [0.2, 0.25) is 6.04 Å². The number of nitrogens with one attached hydrogen (secondary N) is 2. The molecule has 0 spiro atoms. The summed E-state index contributed by atoms with van der Waals surface area (Å²) in [6.07, 6.45) is -0.0896. The molecule has 0 unspecified atom stereocenters. The number of hydrogen-bond acceptors (Lipinski definition) is 6. The fourth-order valence-electron chi connectivity index (χ4n) is 1.88. The molecule has 0 aliphatic heterocycles. The molecule has 26 heavy (non-hydrogen) atoms. The van der Waals surface area contributed by atoms with Gasteiger partial charge in [-0.15, -0.1) is 0 Å². The van der Waals surface area contributed by atoms with Crippen LogP contribution in [0.4, 0.5) is 15.3 Å². The predicted octanol–water partition coefficient (Wildman–Crippen LogP) is 1.91. The molecule has 9 heteroatoms. The zero-order chi connectivity index (χ0) is 18.9. The third kappa shape index (κ3) is 12.3. The van der Waals surface area contributed by atoms with Gasteiger partial charge in [0, 0.05) is 18.8 Å². The molecule has 0 saturated heterocycles. The summed E-state index contributed by atoms with van der Waals surface area (Å²) >= 11 is 0. The van der Waals surface area contributed by atoms with E-state index < -0.39 is 21.9 Å². The van der Waals surface area contributed by atoms with E-state index in [4.69, 9.17) is 18.6 Å². The number of carbonyl (C=O) groups is 2. The maximum absolute atomic E-state index is 11.5. The molecular formula is C17H28N2O6Si. The van der Waals surface area contributed by atoms with Crippen LogP contribution >= 0.6 is 0 Å². The number of amides is 2. The molecule has 2 amide bonds. The van der Waals surface area contributed by atoms with Gasteiger partial charge in [-0.1, -0.05) is 18.2 Å².